The number of rotatable bonds is 7. The minimum absolute atomic E-state index is 0.0102. The standard InChI is InChI=1S/C25H32N6O2/c1-5-29(6-2)22-12-11-21(17-26-22)25(32)31-15-13-30(14-16-31)19(4)24-27-23(28-33-24)20-9-7-18(3)8-10-20/h7-12,17,19H,5-6,13-16H2,1-4H3. The van der Waals surface area contributed by atoms with E-state index >= 15 is 0 Å². The summed E-state index contributed by atoms with van der Waals surface area (Å²) in [6.45, 7) is 12.9. The lowest BCUT2D eigenvalue weighted by atomic mass is 10.1. The van der Waals surface area contributed by atoms with Crippen LogP contribution in [0.25, 0.3) is 11.4 Å². The Morgan fingerprint density at radius 2 is 1.76 bits per heavy atom. The van der Waals surface area contributed by atoms with E-state index in [1.165, 1.54) is 5.56 Å². The van der Waals surface area contributed by atoms with E-state index in [0.717, 1.165) is 37.6 Å². The number of nitrogens with zero attached hydrogens (tertiary/aromatic N) is 6. The number of hydrogen-bond acceptors (Lipinski definition) is 7. The van der Waals surface area contributed by atoms with Crippen LogP contribution in [0.15, 0.2) is 47.1 Å². The summed E-state index contributed by atoms with van der Waals surface area (Å²) in [4.78, 5) is 28.4. The zero-order valence-corrected chi connectivity index (χ0v) is 19.9. The van der Waals surface area contributed by atoms with Crippen LogP contribution in [-0.2, 0) is 0 Å². The number of benzene rings is 1. The average Bonchev–Trinajstić information content (AvgIpc) is 3.35. The van der Waals surface area contributed by atoms with E-state index < -0.39 is 0 Å². The monoisotopic (exact) mass is 448 g/mol. The van der Waals surface area contributed by atoms with Gasteiger partial charge in [0.25, 0.3) is 5.91 Å². The minimum Gasteiger partial charge on any atom is -0.357 e. The number of anilines is 1. The second kappa shape index (κ2) is 10.1. The van der Waals surface area contributed by atoms with Crippen LogP contribution in [0.1, 0.15) is 48.6 Å². The van der Waals surface area contributed by atoms with Crippen LogP contribution in [0.4, 0.5) is 5.82 Å². The summed E-state index contributed by atoms with van der Waals surface area (Å²) in [5, 5.41) is 4.16. The van der Waals surface area contributed by atoms with Gasteiger partial charge in [-0.05, 0) is 39.8 Å². The molecular formula is C25H32N6O2. The molecule has 1 atom stereocenters. The van der Waals surface area contributed by atoms with Crippen molar-refractivity contribution in [1.29, 1.82) is 0 Å². The van der Waals surface area contributed by atoms with Gasteiger partial charge in [0.15, 0.2) is 0 Å². The Hall–Kier alpha value is -3.26. The van der Waals surface area contributed by atoms with Gasteiger partial charge >= 0.3 is 0 Å². The van der Waals surface area contributed by atoms with Gasteiger partial charge in [-0.2, -0.15) is 4.98 Å². The van der Waals surface area contributed by atoms with Crippen molar-refractivity contribution >= 4 is 11.7 Å². The average molecular weight is 449 g/mol. The van der Waals surface area contributed by atoms with Crippen molar-refractivity contribution in [1.82, 2.24) is 24.9 Å². The zero-order valence-electron chi connectivity index (χ0n) is 19.9. The van der Waals surface area contributed by atoms with Gasteiger partial charge in [-0.3, -0.25) is 9.69 Å². The van der Waals surface area contributed by atoms with Crippen LogP contribution in [-0.4, -0.2) is 70.1 Å². The Bertz CT molecular complexity index is 1050. The predicted molar refractivity (Wildman–Crippen MR) is 128 cm³/mol. The number of hydrogen-bond donors (Lipinski definition) is 0. The van der Waals surface area contributed by atoms with Crippen molar-refractivity contribution in [2.75, 3.05) is 44.2 Å². The highest BCUT2D eigenvalue weighted by atomic mass is 16.5. The largest absolute Gasteiger partial charge is 0.357 e. The fourth-order valence-electron chi connectivity index (χ4n) is 4.12. The number of carbonyl (C=O) groups is 1. The first-order valence-corrected chi connectivity index (χ1v) is 11.6. The van der Waals surface area contributed by atoms with Crippen LogP contribution in [0.2, 0.25) is 0 Å². The first-order valence-electron chi connectivity index (χ1n) is 11.6. The molecule has 1 aliphatic rings. The molecule has 0 N–H and O–H groups in total. The highest BCUT2D eigenvalue weighted by Gasteiger charge is 2.28. The molecule has 8 heteroatoms. The third kappa shape index (κ3) is 5.06. The molecule has 0 aliphatic carbocycles. The normalized spacial score (nSPS) is 15.5. The molecular weight excluding hydrogens is 416 g/mol. The molecule has 0 saturated carbocycles. The maximum absolute atomic E-state index is 13.0. The molecule has 1 unspecified atom stereocenters. The maximum atomic E-state index is 13.0. The summed E-state index contributed by atoms with van der Waals surface area (Å²) in [5.41, 5.74) is 2.77. The number of pyridine rings is 1. The first kappa shape index (κ1) is 22.9. The quantitative estimate of drug-likeness (QED) is 0.544. The second-order valence-electron chi connectivity index (χ2n) is 8.40. The summed E-state index contributed by atoms with van der Waals surface area (Å²) in [5.74, 6) is 2.13. The number of carbonyl (C=O) groups excluding carboxylic acids is 1. The van der Waals surface area contributed by atoms with E-state index in [1.807, 2.05) is 41.3 Å². The molecule has 1 aromatic carbocycles. The van der Waals surface area contributed by atoms with Gasteiger partial charge < -0.3 is 14.3 Å². The predicted octanol–water partition coefficient (Wildman–Crippen LogP) is 3.81. The van der Waals surface area contributed by atoms with Crippen molar-refractivity contribution in [2.45, 2.75) is 33.7 Å². The maximum Gasteiger partial charge on any atom is 0.255 e. The minimum atomic E-state index is -0.0102. The van der Waals surface area contributed by atoms with E-state index in [4.69, 9.17) is 4.52 Å². The summed E-state index contributed by atoms with van der Waals surface area (Å²) in [6.07, 6.45) is 1.69. The van der Waals surface area contributed by atoms with Crippen LogP contribution in [0, 0.1) is 6.92 Å². The topological polar surface area (TPSA) is 78.6 Å². The van der Waals surface area contributed by atoms with Crippen molar-refractivity contribution in [3.05, 3.63) is 59.6 Å². The van der Waals surface area contributed by atoms with Crippen molar-refractivity contribution in [3.8, 4) is 11.4 Å². The fourth-order valence-corrected chi connectivity index (χ4v) is 4.12. The van der Waals surface area contributed by atoms with Crippen molar-refractivity contribution in [2.24, 2.45) is 0 Å². The van der Waals surface area contributed by atoms with Gasteiger partial charge in [-0.1, -0.05) is 35.0 Å². The summed E-state index contributed by atoms with van der Waals surface area (Å²) in [6, 6.07) is 11.9. The number of aromatic nitrogens is 3. The summed E-state index contributed by atoms with van der Waals surface area (Å²) >= 11 is 0. The van der Waals surface area contributed by atoms with Crippen molar-refractivity contribution in [3.63, 3.8) is 0 Å². The molecule has 4 rings (SSSR count). The van der Waals surface area contributed by atoms with Gasteiger partial charge in [-0.15, -0.1) is 0 Å². The highest BCUT2D eigenvalue weighted by Crippen LogP contribution is 2.24. The van der Waals surface area contributed by atoms with Crippen LogP contribution in [0.3, 0.4) is 0 Å². The highest BCUT2D eigenvalue weighted by molar-refractivity contribution is 5.94. The molecule has 3 aromatic rings. The molecule has 174 valence electrons. The third-order valence-electron chi connectivity index (χ3n) is 6.34. The molecule has 0 spiro atoms. The molecule has 3 heterocycles. The van der Waals surface area contributed by atoms with E-state index in [9.17, 15) is 4.79 Å². The molecule has 1 fully saturated rings. The Labute approximate surface area is 195 Å². The van der Waals surface area contributed by atoms with E-state index in [1.54, 1.807) is 6.20 Å². The zero-order chi connectivity index (χ0) is 23.4. The Morgan fingerprint density at radius 3 is 2.36 bits per heavy atom. The molecule has 1 amide bonds. The van der Waals surface area contributed by atoms with Gasteiger partial charge in [-0.25, -0.2) is 4.98 Å². The number of aryl methyl sites for hydroxylation is 1. The Morgan fingerprint density at radius 1 is 1.06 bits per heavy atom. The van der Waals surface area contributed by atoms with E-state index in [0.29, 0.717) is 30.4 Å². The molecule has 0 bridgehead atoms. The smallest absolute Gasteiger partial charge is 0.255 e. The Balaban J connectivity index is 1.34. The van der Waals surface area contributed by atoms with Gasteiger partial charge in [0, 0.05) is 51.0 Å². The van der Waals surface area contributed by atoms with Gasteiger partial charge in [0.05, 0.1) is 11.6 Å². The molecule has 8 nitrogen and oxygen atoms in total. The molecule has 0 radical (unpaired) electrons. The lowest BCUT2D eigenvalue weighted by Crippen LogP contribution is -2.49. The van der Waals surface area contributed by atoms with E-state index in [-0.39, 0.29) is 11.9 Å². The lowest BCUT2D eigenvalue weighted by molar-refractivity contribution is 0.0551. The molecule has 33 heavy (non-hydrogen) atoms. The van der Waals surface area contributed by atoms with Gasteiger partial charge in [0.2, 0.25) is 11.7 Å². The summed E-state index contributed by atoms with van der Waals surface area (Å²) < 4.78 is 5.56. The molecule has 2 aromatic heterocycles. The van der Waals surface area contributed by atoms with E-state index in [2.05, 4.69) is 52.6 Å². The molecule has 1 saturated heterocycles. The number of amides is 1. The first-order chi connectivity index (χ1) is 16.0. The summed E-state index contributed by atoms with van der Waals surface area (Å²) in [7, 11) is 0. The molecule has 1 aliphatic heterocycles. The van der Waals surface area contributed by atoms with Crippen LogP contribution >= 0.6 is 0 Å². The second-order valence-corrected chi connectivity index (χ2v) is 8.40. The SMILES string of the molecule is CCN(CC)c1ccc(C(=O)N2CCN(C(C)c3nc(-c4ccc(C)cc4)no3)CC2)cn1. The lowest BCUT2D eigenvalue weighted by Gasteiger charge is -2.36. The fraction of sp³-hybridized carbons (Fsp3) is 0.440. The van der Waals surface area contributed by atoms with Crippen molar-refractivity contribution < 1.29 is 9.32 Å². The van der Waals surface area contributed by atoms with Crippen LogP contribution < -0.4 is 4.90 Å². The third-order valence-corrected chi connectivity index (χ3v) is 6.34. The van der Waals surface area contributed by atoms with Gasteiger partial charge in [0.1, 0.15) is 5.82 Å². The van der Waals surface area contributed by atoms with Crippen LogP contribution in [0.5, 0.6) is 0 Å². The number of piperazine rings is 1. The Kier molecular flexibility index (Phi) is 7.03.